The molecule has 0 bridgehead atoms. The van der Waals surface area contributed by atoms with Crippen LogP contribution in [0.25, 0.3) is 5.57 Å². The van der Waals surface area contributed by atoms with Gasteiger partial charge >= 0.3 is 0 Å². The van der Waals surface area contributed by atoms with Crippen molar-refractivity contribution >= 4 is 5.57 Å². The molecule has 0 atom stereocenters. The van der Waals surface area contributed by atoms with Gasteiger partial charge in [-0.05, 0) is 67.0 Å². The average molecular weight is 317 g/mol. The number of aryl methyl sites for hydroxylation is 2. The summed E-state index contributed by atoms with van der Waals surface area (Å²) in [6.07, 6.45) is 10.1. The fraction of sp³-hybridized carbons (Fsp3) is 0.391. The number of hydrogen-bond acceptors (Lipinski definition) is 1. The standard InChI is InChI=1S/C23H27N/c1-24(20-10-6-11-20)17-7-14-23-21-12-4-2-8-18(21)15-16-19-9-3-5-13-22(19)23/h2-5,8-9,12-14,20H,6-7,10-11,15-17H2,1H3. The average Bonchev–Trinajstić information content (AvgIpc) is 2.71. The van der Waals surface area contributed by atoms with E-state index in [1.807, 2.05) is 0 Å². The van der Waals surface area contributed by atoms with Crippen LogP contribution in [-0.4, -0.2) is 24.5 Å². The van der Waals surface area contributed by atoms with Crippen LogP contribution in [0.5, 0.6) is 0 Å². The molecule has 1 nitrogen and oxygen atoms in total. The van der Waals surface area contributed by atoms with Crippen molar-refractivity contribution in [3.8, 4) is 0 Å². The van der Waals surface area contributed by atoms with Gasteiger partial charge in [-0.1, -0.05) is 61.0 Å². The molecule has 1 heteroatoms. The molecular formula is C23H27N. The number of nitrogens with zero attached hydrogens (tertiary/aromatic N) is 1. The Morgan fingerprint density at radius 1 is 0.917 bits per heavy atom. The first-order valence-corrected chi connectivity index (χ1v) is 9.40. The number of hydrogen-bond donors (Lipinski definition) is 0. The summed E-state index contributed by atoms with van der Waals surface area (Å²) in [5.74, 6) is 0. The second-order valence-electron chi connectivity index (χ2n) is 7.29. The molecule has 0 saturated heterocycles. The Balaban J connectivity index is 1.63. The van der Waals surface area contributed by atoms with Gasteiger partial charge in [0.05, 0.1) is 0 Å². The molecule has 1 fully saturated rings. The summed E-state index contributed by atoms with van der Waals surface area (Å²) in [7, 11) is 2.29. The maximum Gasteiger partial charge on any atom is 0.00923 e. The highest BCUT2D eigenvalue weighted by molar-refractivity contribution is 5.83. The molecule has 0 amide bonds. The van der Waals surface area contributed by atoms with Crippen molar-refractivity contribution < 1.29 is 0 Å². The van der Waals surface area contributed by atoms with E-state index in [1.54, 1.807) is 0 Å². The second-order valence-corrected chi connectivity index (χ2v) is 7.29. The second kappa shape index (κ2) is 6.94. The molecule has 2 aromatic rings. The SMILES string of the molecule is CN(CCC=C1c2ccccc2CCc2ccccc21)C1CCC1. The summed E-state index contributed by atoms with van der Waals surface area (Å²) in [6.45, 7) is 1.17. The number of fused-ring (bicyclic) bond motifs is 2. The van der Waals surface area contributed by atoms with Crippen molar-refractivity contribution in [1.82, 2.24) is 4.90 Å². The van der Waals surface area contributed by atoms with Crippen LogP contribution < -0.4 is 0 Å². The zero-order valence-electron chi connectivity index (χ0n) is 14.7. The zero-order valence-corrected chi connectivity index (χ0v) is 14.7. The Bertz CT molecular complexity index is 690. The lowest BCUT2D eigenvalue weighted by Gasteiger charge is -2.34. The maximum atomic E-state index is 2.55. The van der Waals surface area contributed by atoms with Crippen LogP contribution >= 0.6 is 0 Å². The molecule has 0 aromatic heterocycles. The predicted octanol–water partition coefficient (Wildman–Crippen LogP) is 5.09. The van der Waals surface area contributed by atoms with E-state index in [0.29, 0.717) is 0 Å². The smallest absolute Gasteiger partial charge is 0.00923 e. The summed E-state index contributed by atoms with van der Waals surface area (Å²) < 4.78 is 0. The molecule has 124 valence electrons. The van der Waals surface area contributed by atoms with Crippen LogP contribution in [0.1, 0.15) is 47.9 Å². The van der Waals surface area contributed by atoms with E-state index in [1.165, 1.54) is 53.6 Å². The Morgan fingerprint density at radius 2 is 1.50 bits per heavy atom. The third kappa shape index (κ3) is 3.06. The topological polar surface area (TPSA) is 3.24 Å². The van der Waals surface area contributed by atoms with Crippen LogP contribution in [0.4, 0.5) is 0 Å². The van der Waals surface area contributed by atoms with Crippen LogP contribution in [0, 0.1) is 0 Å². The number of rotatable bonds is 4. The highest BCUT2D eigenvalue weighted by Gasteiger charge is 2.21. The first-order valence-electron chi connectivity index (χ1n) is 9.40. The molecular weight excluding hydrogens is 290 g/mol. The first-order chi connectivity index (χ1) is 11.8. The highest BCUT2D eigenvalue weighted by Crippen LogP contribution is 2.33. The molecule has 2 aliphatic carbocycles. The van der Waals surface area contributed by atoms with Gasteiger partial charge in [-0.3, -0.25) is 0 Å². The summed E-state index contributed by atoms with van der Waals surface area (Å²) in [5.41, 5.74) is 7.31. The van der Waals surface area contributed by atoms with Crippen molar-refractivity contribution in [1.29, 1.82) is 0 Å². The molecule has 0 unspecified atom stereocenters. The summed E-state index contributed by atoms with van der Waals surface area (Å²) in [4.78, 5) is 2.55. The van der Waals surface area contributed by atoms with Gasteiger partial charge in [0.25, 0.3) is 0 Å². The minimum absolute atomic E-state index is 0.831. The van der Waals surface area contributed by atoms with Crippen molar-refractivity contribution in [2.75, 3.05) is 13.6 Å². The van der Waals surface area contributed by atoms with E-state index in [9.17, 15) is 0 Å². The van der Waals surface area contributed by atoms with E-state index in [-0.39, 0.29) is 0 Å². The van der Waals surface area contributed by atoms with Crippen LogP contribution in [0.3, 0.4) is 0 Å². The zero-order chi connectivity index (χ0) is 16.4. The summed E-state index contributed by atoms with van der Waals surface area (Å²) in [5, 5.41) is 0. The molecule has 0 heterocycles. The van der Waals surface area contributed by atoms with Gasteiger partial charge in [0.15, 0.2) is 0 Å². The van der Waals surface area contributed by atoms with Crippen molar-refractivity contribution in [2.24, 2.45) is 0 Å². The normalized spacial score (nSPS) is 17.0. The van der Waals surface area contributed by atoms with E-state index < -0.39 is 0 Å². The van der Waals surface area contributed by atoms with Gasteiger partial charge < -0.3 is 4.90 Å². The molecule has 0 N–H and O–H groups in total. The Labute approximate surface area is 146 Å². The van der Waals surface area contributed by atoms with Gasteiger partial charge in [0.2, 0.25) is 0 Å². The van der Waals surface area contributed by atoms with Crippen LogP contribution in [-0.2, 0) is 12.8 Å². The highest BCUT2D eigenvalue weighted by atomic mass is 15.1. The van der Waals surface area contributed by atoms with Gasteiger partial charge in [-0.2, -0.15) is 0 Å². The van der Waals surface area contributed by atoms with Crippen LogP contribution in [0.15, 0.2) is 54.6 Å². The lowest BCUT2D eigenvalue weighted by Crippen LogP contribution is -2.37. The molecule has 0 radical (unpaired) electrons. The third-order valence-corrected chi connectivity index (χ3v) is 5.81. The summed E-state index contributed by atoms with van der Waals surface area (Å²) >= 11 is 0. The lowest BCUT2D eigenvalue weighted by atomic mass is 9.91. The Kier molecular flexibility index (Phi) is 4.53. The van der Waals surface area contributed by atoms with Gasteiger partial charge in [-0.15, -0.1) is 0 Å². The summed E-state index contributed by atoms with van der Waals surface area (Å²) in [6, 6.07) is 18.8. The van der Waals surface area contributed by atoms with Crippen molar-refractivity contribution in [3.63, 3.8) is 0 Å². The molecule has 4 rings (SSSR count). The van der Waals surface area contributed by atoms with E-state index in [4.69, 9.17) is 0 Å². The molecule has 0 aliphatic heterocycles. The molecule has 1 saturated carbocycles. The lowest BCUT2D eigenvalue weighted by molar-refractivity contribution is 0.162. The number of benzene rings is 2. The largest absolute Gasteiger partial charge is 0.303 e. The Hall–Kier alpha value is -1.86. The third-order valence-electron chi connectivity index (χ3n) is 5.81. The monoisotopic (exact) mass is 317 g/mol. The van der Waals surface area contributed by atoms with E-state index in [2.05, 4.69) is 66.6 Å². The molecule has 2 aliphatic rings. The quantitative estimate of drug-likeness (QED) is 0.759. The molecule has 0 spiro atoms. The molecule has 2 aromatic carbocycles. The van der Waals surface area contributed by atoms with E-state index in [0.717, 1.165) is 25.3 Å². The first kappa shape index (κ1) is 15.7. The van der Waals surface area contributed by atoms with Crippen molar-refractivity contribution in [3.05, 3.63) is 76.9 Å². The van der Waals surface area contributed by atoms with Gasteiger partial charge in [0.1, 0.15) is 0 Å². The van der Waals surface area contributed by atoms with Crippen LogP contribution in [0.2, 0.25) is 0 Å². The van der Waals surface area contributed by atoms with Gasteiger partial charge in [0, 0.05) is 12.6 Å². The Morgan fingerprint density at radius 3 is 2.04 bits per heavy atom. The minimum Gasteiger partial charge on any atom is -0.303 e. The fourth-order valence-electron chi connectivity index (χ4n) is 4.06. The fourth-order valence-corrected chi connectivity index (χ4v) is 4.06. The maximum absolute atomic E-state index is 2.55. The van der Waals surface area contributed by atoms with Gasteiger partial charge in [-0.25, -0.2) is 0 Å². The predicted molar refractivity (Wildman–Crippen MR) is 102 cm³/mol. The molecule has 24 heavy (non-hydrogen) atoms. The minimum atomic E-state index is 0.831. The van der Waals surface area contributed by atoms with Crippen molar-refractivity contribution in [2.45, 2.75) is 44.6 Å². The van der Waals surface area contributed by atoms with E-state index >= 15 is 0 Å².